The Kier molecular flexibility index (Phi) is 28.1. The molecule has 0 aromatic carbocycles. The first-order valence-corrected chi connectivity index (χ1v) is 15.1. The van der Waals surface area contributed by atoms with Crippen LogP contribution in [0.3, 0.4) is 0 Å². The molecule has 4 nitrogen and oxygen atoms in total. The van der Waals surface area contributed by atoms with Crippen molar-refractivity contribution < 1.29 is 19.7 Å². The number of aliphatic hydroxyl groups excluding tert-OH is 2. The maximum absolute atomic E-state index is 11.5. The molecule has 1 unspecified atom stereocenters. The zero-order chi connectivity index (χ0) is 25.0. The molecule has 0 aromatic heterocycles. The van der Waals surface area contributed by atoms with E-state index in [-0.39, 0.29) is 19.2 Å². The molecule has 0 rings (SSSR count). The second-order valence-electron chi connectivity index (χ2n) is 10.4. The van der Waals surface area contributed by atoms with Gasteiger partial charge in [-0.25, -0.2) is 0 Å². The average Bonchev–Trinajstić information content (AvgIpc) is 2.85. The lowest BCUT2D eigenvalue weighted by atomic mass is 10.0. The van der Waals surface area contributed by atoms with E-state index in [0.29, 0.717) is 6.42 Å². The molecule has 0 aliphatic heterocycles. The lowest BCUT2D eigenvalue weighted by Gasteiger charge is -2.08. The summed E-state index contributed by atoms with van der Waals surface area (Å²) in [7, 11) is 0. The number of carbonyl (C=O) groups is 1. The summed E-state index contributed by atoms with van der Waals surface area (Å²) in [5.74, 6) is -0.272. The van der Waals surface area contributed by atoms with Crippen molar-refractivity contribution in [3.05, 3.63) is 0 Å². The Morgan fingerprint density at radius 2 is 0.853 bits per heavy atom. The second kappa shape index (κ2) is 28.6. The van der Waals surface area contributed by atoms with Crippen molar-refractivity contribution >= 4 is 5.97 Å². The molecule has 0 radical (unpaired) electrons. The summed E-state index contributed by atoms with van der Waals surface area (Å²) in [6.45, 7) is 1.82. The highest BCUT2D eigenvalue weighted by molar-refractivity contribution is 5.69. The van der Waals surface area contributed by atoms with E-state index in [1.165, 1.54) is 141 Å². The molecule has 2 N–H and O–H groups in total. The molecule has 0 spiro atoms. The molecule has 34 heavy (non-hydrogen) atoms. The predicted molar refractivity (Wildman–Crippen MR) is 145 cm³/mol. The van der Waals surface area contributed by atoms with E-state index >= 15 is 0 Å². The molecule has 1 atom stereocenters. The standard InChI is InChI=1S/C30H60O4/c1-2-3-4-5-6-7-8-9-10-11-12-13-14-15-16-17-18-19-20-21-22-23-24-25-26-30(33)34-28-29(32)27-31/h29,31-32H,2-28H2,1H3. The quantitative estimate of drug-likeness (QED) is 0.0861. The summed E-state index contributed by atoms with van der Waals surface area (Å²) >= 11 is 0. The van der Waals surface area contributed by atoms with E-state index in [4.69, 9.17) is 14.9 Å². The number of unbranched alkanes of at least 4 members (excludes halogenated alkanes) is 23. The van der Waals surface area contributed by atoms with Crippen LogP contribution in [0.1, 0.15) is 167 Å². The molecule has 0 fully saturated rings. The Morgan fingerprint density at radius 1 is 0.559 bits per heavy atom. The Balaban J connectivity index is 3.09. The molecule has 0 saturated carbocycles. The maximum Gasteiger partial charge on any atom is 0.305 e. The minimum absolute atomic E-state index is 0.102. The van der Waals surface area contributed by atoms with Crippen LogP contribution in [0.25, 0.3) is 0 Å². The van der Waals surface area contributed by atoms with Crippen LogP contribution >= 0.6 is 0 Å². The molecule has 0 aromatic rings. The third kappa shape index (κ3) is 27.6. The van der Waals surface area contributed by atoms with Crippen molar-refractivity contribution in [2.75, 3.05) is 13.2 Å². The fourth-order valence-corrected chi connectivity index (χ4v) is 4.55. The summed E-state index contributed by atoms with van der Waals surface area (Å²) in [5, 5.41) is 17.8. The van der Waals surface area contributed by atoms with Gasteiger partial charge in [-0.15, -0.1) is 0 Å². The number of hydrogen-bond donors (Lipinski definition) is 2. The number of carbonyl (C=O) groups excluding carboxylic acids is 1. The van der Waals surface area contributed by atoms with Crippen LogP contribution in [0.2, 0.25) is 0 Å². The third-order valence-corrected chi connectivity index (χ3v) is 6.88. The van der Waals surface area contributed by atoms with Crippen molar-refractivity contribution in [3.8, 4) is 0 Å². The van der Waals surface area contributed by atoms with Crippen molar-refractivity contribution in [2.24, 2.45) is 0 Å². The van der Waals surface area contributed by atoms with Gasteiger partial charge >= 0.3 is 5.97 Å². The Morgan fingerprint density at radius 3 is 1.15 bits per heavy atom. The van der Waals surface area contributed by atoms with Crippen molar-refractivity contribution in [1.29, 1.82) is 0 Å². The first kappa shape index (κ1) is 33.4. The molecule has 0 amide bonds. The molecule has 4 heteroatoms. The second-order valence-corrected chi connectivity index (χ2v) is 10.4. The highest BCUT2D eigenvalue weighted by atomic mass is 16.5. The molecule has 204 valence electrons. The van der Waals surface area contributed by atoms with E-state index in [1.807, 2.05) is 0 Å². The molecular formula is C30H60O4. The Labute approximate surface area is 212 Å². The SMILES string of the molecule is CCCCCCCCCCCCCCCCCCCCCCCCCCC(=O)OCC(O)CO. The van der Waals surface area contributed by atoms with Gasteiger partial charge in [0.15, 0.2) is 0 Å². The summed E-state index contributed by atoms with van der Waals surface area (Å²) in [6, 6.07) is 0. The van der Waals surface area contributed by atoms with Gasteiger partial charge in [0.1, 0.15) is 12.7 Å². The minimum Gasteiger partial charge on any atom is -0.463 e. The van der Waals surface area contributed by atoms with E-state index in [0.717, 1.165) is 12.8 Å². The Bertz CT molecular complexity index is 399. The van der Waals surface area contributed by atoms with Crippen LogP contribution in [0.5, 0.6) is 0 Å². The topological polar surface area (TPSA) is 66.8 Å². The zero-order valence-electron chi connectivity index (χ0n) is 22.9. The van der Waals surface area contributed by atoms with Crippen LogP contribution in [0.4, 0.5) is 0 Å². The fourth-order valence-electron chi connectivity index (χ4n) is 4.55. The van der Waals surface area contributed by atoms with Gasteiger partial charge in [-0.2, -0.15) is 0 Å². The minimum atomic E-state index is -0.955. The number of aliphatic hydroxyl groups is 2. The summed E-state index contributed by atoms with van der Waals surface area (Å²) < 4.78 is 4.90. The van der Waals surface area contributed by atoms with Crippen LogP contribution in [0, 0.1) is 0 Å². The van der Waals surface area contributed by atoms with Crippen molar-refractivity contribution in [1.82, 2.24) is 0 Å². The monoisotopic (exact) mass is 484 g/mol. The largest absolute Gasteiger partial charge is 0.463 e. The van der Waals surface area contributed by atoms with E-state index < -0.39 is 6.10 Å². The molecule has 0 heterocycles. The lowest BCUT2D eigenvalue weighted by Crippen LogP contribution is -2.21. The number of esters is 1. The number of hydrogen-bond acceptors (Lipinski definition) is 4. The van der Waals surface area contributed by atoms with Crippen LogP contribution in [0.15, 0.2) is 0 Å². The van der Waals surface area contributed by atoms with Gasteiger partial charge in [-0.3, -0.25) is 4.79 Å². The first-order chi connectivity index (χ1) is 16.7. The van der Waals surface area contributed by atoms with Crippen LogP contribution < -0.4 is 0 Å². The molecular weight excluding hydrogens is 424 g/mol. The van der Waals surface area contributed by atoms with Crippen molar-refractivity contribution in [3.63, 3.8) is 0 Å². The maximum atomic E-state index is 11.5. The smallest absolute Gasteiger partial charge is 0.305 e. The van der Waals surface area contributed by atoms with Gasteiger partial charge in [0.25, 0.3) is 0 Å². The van der Waals surface area contributed by atoms with Crippen LogP contribution in [-0.4, -0.2) is 35.5 Å². The molecule has 0 bridgehead atoms. The Hall–Kier alpha value is -0.610. The normalized spacial score (nSPS) is 12.2. The zero-order valence-corrected chi connectivity index (χ0v) is 22.9. The van der Waals surface area contributed by atoms with E-state index in [1.54, 1.807) is 0 Å². The van der Waals surface area contributed by atoms with Gasteiger partial charge in [-0.05, 0) is 6.42 Å². The summed E-state index contributed by atoms with van der Waals surface area (Å²) in [6.07, 6.45) is 32.3. The van der Waals surface area contributed by atoms with Crippen molar-refractivity contribution in [2.45, 2.75) is 174 Å². The summed E-state index contributed by atoms with van der Waals surface area (Å²) in [4.78, 5) is 11.5. The lowest BCUT2D eigenvalue weighted by molar-refractivity contribution is -0.147. The first-order valence-electron chi connectivity index (χ1n) is 15.1. The molecule has 0 saturated heterocycles. The van der Waals surface area contributed by atoms with Crippen LogP contribution in [-0.2, 0) is 9.53 Å². The van der Waals surface area contributed by atoms with Gasteiger partial charge in [0.05, 0.1) is 6.61 Å². The van der Waals surface area contributed by atoms with E-state index in [9.17, 15) is 4.79 Å². The van der Waals surface area contributed by atoms with Gasteiger partial charge in [-0.1, -0.05) is 155 Å². The summed E-state index contributed by atoms with van der Waals surface area (Å²) in [5.41, 5.74) is 0. The van der Waals surface area contributed by atoms with E-state index in [2.05, 4.69) is 6.92 Å². The number of ether oxygens (including phenoxy) is 1. The van der Waals surface area contributed by atoms with Gasteiger partial charge in [0.2, 0.25) is 0 Å². The highest BCUT2D eigenvalue weighted by Crippen LogP contribution is 2.15. The predicted octanol–water partition coefficient (Wildman–Crippen LogP) is 8.66. The average molecular weight is 485 g/mol. The molecule has 0 aliphatic carbocycles. The highest BCUT2D eigenvalue weighted by Gasteiger charge is 2.07. The number of rotatable bonds is 28. The fraction of sp³-hybridized carbons (Fsp3) is 0.967. The van der Waals surface area contributed by atoms with Gasteiger partial charge in [0, 0.05) is 6.42 Å². The molecule has 0 aliphatic rings. The van der Waals surface area contributed by atoms with Gasteiger partial charge < -0.3 is 14.9 Å². The third-order valence-electron chi connectivity index (χ3n) is 6.88.